The molecule has 2 heterocycles. The highest BCUT2D eigenvalue weighted by Gasteiger charge is 2.20. The number of anilines is 2. The minimum atomic E-state index is -0.642. The van der Waals surface area contributed by atoms with E-state index in [-0.39, 0.29) is 24.2 Å². The number of urea groups is 1. The standard InChI is InChI=1S/C20H14BrFN4O3/c21-12-3-1-11(2-4-12)19(27)25-13-5-6-17(15(22)9-13)29-16-7-8-23-18-14(16)10-24-20(28)26-18/h1-9H,10H2,(H,25,27)(H2,23,24,26,28). The van der Waals surface area contributed by atoms with Crippen LogP contribution in [-0.4, -0.2) is 16.9 Å². The van der Waals surface area contributed by atoms with E-state index in [9.17, 15) is 14.0 Å². The lowest BCUT2D eigenvalue weighted by Crippen LogP contribution is -2.34. The largest absolute Gasteiger partial charge is 0.454 e. The van der Waals surface area contributed by atoms with Crippen LogP contribution in [0, 0.1) is 5.82 Å². The average molecular weight is 457 g/mol. The quantitative estimate of drug-likeness (QED) is 0.532. The summed E-state index contributed by atoms with van der Waals surface area (Å²) < 4.78 is 21.1. The van der Waals surface area contributed by atoms with Crippen LogP contribution in [0.3, 0.4) is 0 Å². The van der Waals surface area contributed by atoms with Gasteiger partial charge in [0.15, 0.2) is 11.6 Å². The fourth-order valence-corrected chi connectivity index (χ4v) is 3.02. The van der Waals surface area contributed by atoms with Gasteiger partial charge in [-0.3, -0.25) is 10.1 Å². The molecular weight excluding hydrogens is 443 g/mol. The second-order valence-corrected chi connectivity index (χ2v) is 7.07. The lowest BCUT2D eigenvalue weighted by Gasteiger charge is -2.20. The van der Waals surface area contributed by atoms with Crippen molar-refractivity contribution in [2.75, 3.05) is 10.6 Å². The van der Waals surface area contributed by atoms with Crippen molar-refractivity contribution in [3.05, 3.63) is 76.1 Å². The fourth-order valence-electron chi connectivity index (χ4n) is 2.75. The SMILES string of the molecule is O=C1NCc2c(Oc3ccc(NC(=O)c4ccc(Br)cc4)cc3F)ccnc2N1. The topological polar surface area (TPSA) is 92.4 Å². The summed E-state index contributed by atoms with van der Waals surface area (Å²) in [7, 11) is 0. The first-order valence-electron chi connectivity index (χ1n) is 8.56. The summed E-state index contributed by atoms with van der Waals surface area (Å²) in [6.07, 6.45) is 1.46. The van der Waals surface area contributed by atoms with E-state index < -0.39 is 5.82 Å². The van der Waals surface area contributed by atoms with Crippen molar-refractivity contribution < 1.29 is 18.7 Å². The van der Waals surface area contributed by atoms with Crippen LogP contribution in [0.2, 0.25) is 0 Å². The average Bonchev–Trinajstić information content (AvgIpc) is 2.70. The number of amides is 3. The summed E-state index contributed by atoms with van der Waals surface area (Å²) in [6, 6.07) is 12.2. The molecule has 7 nitrogen and oxygen atoms in total. The Morgan fingerprint density at radius 2 is 1.93 bits per heavy atom. The van der Waals surface area contributed by atoms with E-state index in [1.54, 1.807) is 36.4 Å². The minimum absolute atomic E-state index is 0.0167. The minimum Gasteiger partial charge on any atom is -0.454 e. The number of carbonyl (C=O) groups is 2. The van der Waals surface area contributed by atoms with Gasteiger partial charge in [-0.15, -0.1) is 0 Å². The van der Waals surface area contributed by atoms with E-state index in [1.165, 1.54) is 18.3 Å². The fraction of sp³-hybridized carbons (Fsp3) is 0.0500. The van der Waals surface area contributed by atoms with Crippen molar-refractivity contribution in [1.29, 1.82) is 0 Å². The number of hydrogen-bond donors (Lipinski definition) is 3. The Bertz CT molecular complexity index is 1110. The molecule has 9 heteroatoms. The molecule has 146 valence electrons. The Morgan fingerprint density at radius 1 is 1.14 bits per heavy atom. The first kappa shape index (κ1) is 18.9. The van der Waals surface area contributed by atoms with E-state index in [0.717, 1.165) is 4.47 Å². The maximum Gasteiger partial charge on any atom is 0.320 e. The Hall–Kier alpha value is -3.46. The first-order valence-corrected chi connectivity index (χ1v) is 9.36. The van der Waals surface area contributed by atoms with Gasteiger partial charge >= 0.3 is 6.03 Å². The maximum absolute atomic E-state index is 14.6. The molecule has 0 spiro atoms. The van der Waals surface area contributed by atoms with Crippen LogP contribution in [0.15, 0.2) is 59.2 Å². The van der Waals surface area contributed by atoms with E-state index in [4.69, 9.17) is 4.74 Å². The van der Waals surface area contributed by atoms with Crippen molar-refractivity contribution in [3.8, 4) is 11.5 Å². The zero-order valence-electron chi connectivity index (χ0n) is 14.8. The molecule has 1 aliphatic rings. The normalized spacial score (nSPS) is 12.4. The highest BCUT2D eigenvalue weighted by molar-refractivity contribution is 9.10. The number of halogens is 2. The van der Waals surface area contributed by atoms with Crippen LogP contribution in [0.1, 0.15) is 15.9 Å². The second kappa shape index (κ2) is 7.88. The molecule has 0 aliphatic carbocycles. The number of ether oxygens (including phenoxy) is 1. The van der Waals surface area contributed by atoms with Crippen molar-refractivity contribution in [2.45, 2.75) is 6.54 Å². The summed E-state index contributed by atoms with van der Waals surface area (Å²) in [6.45, 7) is 0.216. The van der Waals surface area contributed by atoms with Gasteiger partial charge in [-0.05, 0) is 42.5 Å². The molecule has 1 aliphatic heterocycles. The van der Waals surface area contributed by atoms with Gasteiger partial charge in [-0.2, -0.15) is 0 Å². The molecular formula is C20H14BrFN4O3. The number of pyridine rings is 1. The van der Waals surface area contributed by atoms with E-state index in [0.29, 0.717) is 28.4 Å². The van der Waals surface area contributed by atoms with Crippen LogP contribution in [0.4, 0.5) is 20.7 Å². The smallest absolute Gasteiger partial charge is 0.320 e. The van der Waals surface area contributed by atoms with Crippen LogP contribution in [-0.2, 0) is 6.54 Å². The van der Waals surface area contributed by atoms with Crippen molar-refractivity contribution in [1.82, 2.24) is 10.3 Å². The van der Waals surface area contributed by atoms with Crippen molar-refractivity contribution >= 4 is 39.4 Å². The molecule has 4 rings (SSSR count). The van der Waals surface area contributed by atoms with Gasteiger partial charge in [-0.25, -0.2) is 14.2 Å². The van der Waals surface area contributed by atoms with Crippen LogP contribution in [0.5, 0.6) is 11.5 Å². The molecule has 2 aromatic carbocycles. The number of rotatable bonds is 4. The highest BCUT2D eigenvalue weighted by Crippen LogP contribution is 2.32. The zero-order chi connectivity index (χ0) is 20.4. The van der Waals surface area contributed by atoms with Crippen LogP contribution >= 0.6 is 15.9 Å². The predicted octanol–water partition coefficient (Wildman–Crippen LogP) is 4.66. The summed E-state index contributed by atoms with van der Waals surface area (Å²) in [5.74, 6) is -0.275. The maximum atomic E-state index is 14.6. The summed E-state index contributed by atoms with van der Waals surface area (Å²) >= 11 is 3.31. The molecule has 0 unspecified atom stereocenters. The van der Waals surface area contributed by atoms with Crippen LogP contribution < -0.4 is 20.7 Å². The zero-order valence-corrected chi connectivity index (χ0v) is 16.4. The molecule has 0 atom stereocenters. The molecule has 0 fully saturated rings. The summed E-state index contributed by atoms with van der Waals surface area (Å²) in [4.78, 5) is 27.7. The molecule has 3 amide bonds. The second-order valence-electron chi connectivity index (χ2n) is 6.15. The van der Waals surface area contributed by atoms with Gasteiger partial charge in [0.05, 0.1) is 12.1 Å². The van der Waals surface area contributed by atoms with E-state index >= 15 is 0 Å². The monoisotopic (exact) mass is 456 g/mol. The molecule has 0 saturated heterocycles. The van der Waals surface area contributed by atoms with Gasteiger partial charge in [0.2, 0.25) is 0 Å². The Kier molecular flexibility index (Phi) is 5.13. The third kappa shape index (κ3) is 4.19. The number of nitrogens with one attached hydrogen (secondary N) is 3. The molecule has 0 saturated carbocycles. The lowest BCUT2D eigenvalue weighted by molar-refractivity contribution is 0.102. The Labute approximate surface area is 173 Å². The van der Waals surface area contributed by atoms with E-state index in [2.05, 4.69) is 36.9 Å². The van der Waals surface area contributed by atoms with Gasteiger partial charge in [0, 0.05) is 28.0 Å². The van der Waals surface area contributed by atoms with Crippen LogP contribution in [0.25, 0.3) is 0 Å². The van der Waals surface area contributed by atoms with Gasteiger partial charge in [0.1, 0.15) is 11.6 Å². The Morgan fingerprint density at radius 3 is 2.69 bits per heavy atom. The lowest BCUT2D eigenvalue weighted by atomic mass is 10.2. The predicted molar refractivity (Wildman–Crippen MR) is 109 cm³/mol. The number of benzene rings is 2. The molecule has 0 radical (unpaired) electrons. The molecule has 3 N–H and O–H groups in total. The number of aromatic nitrogens is 1. The third-order valence-electron chi connectivity index (χ3n) is 4.19. The molecule has 29 heavy (non-hydrogen) atoms. The molecule has 0 bridgehead atoms. The number of nitrogens with zero attached hydrogens (tertiary/aromatic N) is 1. The summed E-state index contributed by atoms with van der Waals surface area (Å²) in [5, 5.41) is 7.83. The van der Waals surface area contributed by atoms with Gasteiger partial charge < -0.3 is 15.4 Å². The van der Waals surface area contributed by atoms with Crippen molar-refractivity contribution in [3.63, 3.8) is 0 Å². The number of hydrogen-bond acceptors (Lipinski definition) is 4. The number of fused-ring (bicyclic) bond motifs is 1. The molecule has 1 aromatic heterocycles. The third-order valence-corrected chi connectivity index (χ3v) is 4.72. The van der Waals surface area contributed by atoms with E-state index in [1.807, 2.05) is 0 Å². The van der Waals surface area contributed by atoms with Gasteiger partial charge in [-0.1, -0.05) is 15.9 Å². The Balaban J connectivity index is 1.51. The first-order chi connectivity index (χ1) is 14.0. The van der Waals surface area contributed by atoms with Crippen molar-refractivity contribution in [2.24, 2.45) is 0 Å². The summed E-state index contributed by atoms with van der Waals surface area (Å²) in [5.41, 5.74) is 1.36. The van der Waals surface area contributed by atoms with Gasteiger partial charge in [0.25, 0.3) is 5.91 Å². The number of carbonyl (C=O) groups excluding carboxylic acids is 2. The molecule has 3 aromatic rings. The highest BCUT2D eigenvalue weighted by atomic mass is 79.9.